The van der Waals surface area contributed by atoms with Crippen LogP contribution in [0.15, 0.2) is 0 Å². The topological polar surface area (TPSA) is 248 Å². The molecule has 18 heteroatoms. The van der Waals surface area contributed by atoms with Gasteiger partial charge in [-0.05, 0) is 0 Å². The van der Waals surface area contributed by atoms with Crippen LogP contribution < -0.4 is 47.8 Å². The summed E-state index contributed by atoms with van der Waals surface area (Å²) in [6.45, 7) is 0. The van der Waals surface area contributed by atoms with Crippen LogP contribution in [-0.4, -0.2) is 79.5 Å². The predicted octanol–water partition coefficient (Wildman–Crippen LogP) is -15.5. The molecular weight excluding hydrogens is 249 g/mol. The molecule has 0 aromatic heterocycles. The minimum atomic E-state index is -2.67. The molecule has 0 aliphatic carbocycles. The zero-order chi connectivity index (χ0) is 14.3. The Labute approximate surface area is 127 Å². The second-order valence-corrected chi connectivity index (χ2v) is 1.35. The summed E-state index contributed by atoms with van der Waals surface area (Å²) >= 11 is 0. The van der Waals surface area contributed by atoms with Gasteiger partial charge in [-0.15, -0.1) is 0 Å². The Balaban J connectivity index is -0.0000000257. The van der Waals surface area contributed by atoms with Crippen LogP contribution in [-0.2, 0) is 0 Å². The molecular formula is H10B4Li2O12. The van der Waals surface area contributed by atoms with Crippen molar-refractivity contribution in [3.05, 3.63) is 0 Å². The zero-order valence-corrected chi connectivity index (χ0v) is 9.60. The molecule has 0 spiro atoms. The molecule has 0 radical (unpaired) electrons. The Morgan fingerprint density at radius 3 is 0.444 bits per heavy atom. The number of rotatable bonds is 0. The first-order valence-corrected chi connectivity index (χ1v) is 3.05. The second-order valence-electron chi connectivity index (χ2n) is 1.35. The molecule has 96 valence electrons. The standard InChI is InChI=1S/3BH3O3.BHO3.2Li/c4*2-1(3)4;;/h3*2-4H;2H;;/q;;;-2;2*+1. The SMILES string of the molecule is OB(O)O.OB(O)O.OB(O)O.[Li+].[Li+].[O-]B([O-])O. The van der Waals surface area contributed by atoms with Gasteiger partial charge in [0.1, 0.15) is 0 Å². The fourth-order valence-electron chi connectivity index (χ4n) is 0. The average Bonchev–Trinajstić information content (AvgIpc) is 1.76. The average molecular weight is 259 g/mol. The van der Waals surface area contributed by atoms with Crippen molar-refractivity contribution < 1.29 is 98.0 Å². The molecule has 0 aromatic rings. The first-order chi connectivity index (χ1) is 6.93. The van der Waals surface area contributed by atoms with Gasteiger partial charge in [0.25, 0.3) is 0 Å². The first-order valence-electron chi connectivity index (χ1n) is 3.05. The third-order valence-electron chi connectivity index (χ3n) is 0. The van der Waals surface area contributed by atoms with E-state index in [1.807, 2.05) is 0 Å². The van der Waals surface area contributed by atoms with Crippen LogP contribution in [0.5, 0.6) is 0 Å². The van der Waals surface area contributed by atoms with E-state index >= 15 is 0 Å². The summed E-state index contributed by atoms with van der Waals surface area (Å²) < 4.78 is 0. The van der Waals surface area contributed by atoms with E-state index in [1.165, 1.54) is 0 Å². The van der Waals surface area contributed by atoms with Gasteiger partial charge in [0, 0.05) is 0 Å². The quantitative estimate of drug-likeness (QED) is 0.182. The van der Waals surface area contributed by atoms with E-state index in [1.54, 1.807) is 0 Å². The zero-order valence-electron chi connectivity index (χ0n) is 9.60. The molecule has 0 atom stereocenters. The van der Waals surface area contributed by atoms with Gasteiger partial charge in [0.2, 0.25) is 0 Å². The van der Waals surface area contributed by atoms with Crippen molar-refractivity contribution in [3.63, 3.8) is 0 Å². The first kappa shape index (κ1) is 36.4. The minimum absolute atomic E-state index is 0. The smallest absolute Gasteiger partial charge is 0.871 e. The molecule has 0 aromatic carbocycles. The summed E-state index contributed by atoms with van der Waals surface area (Å²) in [4.78, 5) is 0. The molecule has 0 amide bonds. The minimum Gasteiger partial charge on any atom is -0.871 e. The molecule has 0 aliphatic heterocycles. The van der Waals surface area contributed by atoms with Crippen molar-refractivity contribution in [1.29, 1.82) is 0 Å². The molecule has 10 N–H and O–H groups in total. The van der Waals surface area contributed by atoms with Crippen LogP contribution >= 0.6 is 0 Å². The molecule has 0 unspecified atom stereocenters. The van der Waals surface area contributed by atoms with Gasteiger partial charge in [-0.3, -0.25) is 0 Å². The van der Waals surface area contributed by atoms with E-state index in [-0.39, 0.29) is 37.7 Å². The molecule has 0 bridgehead atoms. The van der Waals surface area contributed by atoms with Crippen molar-refractivity contribution in [2.45, 2.75) is 0 Å². The maximum Gasteiger partial charge on any atom is 1.00 e. The predicted molar refractivity (Wildman–Crippen MR) is 45.2 cm³/mol. The normalized spacial score (nSPS) is 6.00. The van der Waals surface area contributed by atoms with Crippen LogP contribution in [0.3, 0.4) is 0 Å². The second kappa shape index (κ2) is 30.8. The third-order valence-corrected chi connectivity index (χ3v) is 0. The van der Waals surface area contributed by atoms with Crippen molar-refractivity contribution in [2.24, 2.45) is 0 Å². The summed E-state index contributed by atoms with van der Waals surface area (Å²) in [6, 6.07) is 0. The summed E-state index contributed by atoms with van der Waals surface area (Å²) in [7, 11) is -9.17. The van der Waals surface area contributed by atoms with Gasteiger partial charge in [-0.1, -0.05) is 0 Å². The van der Waals surface area contributed by atoms with Gasteiger partial charge < -0.3 is 60.3 Å². The summed E-state index contributed by atoms with van der Waals surface area (Å²) in [6.07, 6.45) is 0. The largest absolute Gasteiger partial charge is 1.00 e. The third kappa shape index (κ3) is 4560. The molecule has 0 aliphatic rings. The van der Waals surface area contributed by atoms with Crippen molar-refractivity contribution in [2.75, 3.05) is 0 Å². The Morgan fingerprint density at radius 1 is 0.444 bits per heavy atom. The fraction of sp³-hybridized carbons (Fsp3) is 0. The van der Waals surface area contributed by atoms with E-state index in [9.17, 15) is 0 Å². The van der Waals surface area contributed by atoms with Gasteiger partial charge in [0.05, 0.1) is 7.32 Å². The summed E-state index contributed by atoms with van der Waals surface area (Å²) in [5.74, 6) is 0. The molecule has 0 saturated carbocycles. The van der Waals surface area contributed by atoms with E-state index in [2.05, 4.69) is 0 Å². The van der Waals surface area contributed by atoms with Crippen molar-refractivity contribution >= 4 is 29.3 Å². The van der Waals surface area contributed by atoms with Crippen LogP contribution in [0.25, 0.3) is 0 Å². The fourth-order valence-corrected chi connectivity index (χ4v) is 0. The Bertz CT molecular complexity index is 65.1. The van der Waals surface area contributed by atoms with Crippen LogP contribution in [0, 0.1) is 0 Å². The van der Waals surface area contributed by atoms with Crippen LogP contribution in [0.2, 0.25) is 0 Å². The Kier molecular flexibility index (Phi) is 62.2. The number of hydrogen-bond donors (Lipinski definition) is 10. The van der Waals surface area contributed by atoms with Gasteiger partial charge in [-0.2, -0.15) is 0 Å². The maximum absolute atomic E-state index is 8.53. The summed E-state index contributed by atoms with van der Waals surface area (Å²) in [5, 5.41) is 88.5. The Morgan fingerprint density at radius 2 is 0.444 bits per heavy atom. The molecule has 0 heterocycles. The Hall–Kier alpha value is 0.975. The molecule has 12 nitrogen and oxygen atoms in total. The van der Waals surface area contributed by atoms with Crippen LogP contribution in [0.1, 0.15) is 0 Å². The van der Waals surface area contributed by atoms with Crippen molar-refractivity contribution in [3.8, 4) is 0 Å². The number of hydrogen-bond acceptors (Lipinski definition) is 12. The van der Waals surface area contributed by atoms with Gasteiger partial charge in [0.15, 0.2) is 0 Å². The summed E-state index contributed by atoms with van der Waals surface area (Å²) in [5.41, 5.74) is 0. The van der Waals surface area contributed by atoms with E-state index in [0.717, 1.165) is 0 Å². The maximum atomic E-state index is 8.53. The monoisotopic (exact) mass is 260 g/mol. The van der Waals surface area contributed by atoms with Crippen LogP contribution in [0.4, 0.5) is 0 Å². The van der Waals surface area contributed by atoms with E-state index < -0.39 is 29.3 Å². The van der Waals surface area contributed by atoms with E-state index in [0.29, 0.717) is 0 Å². The molecule has 18 heavy (non-hydrogen) atoms. The molecule has 0 rings (SSSR count). The molecule has 0 fully saturated rings. The van der Waals surface area contributed by atoms with Crippen molar-refractivity contribution in [1.82, 2.24) is 0 Å². The molecule has 0 saturated heterocycles. The van der Waals surface area contributed by atoms with Gasteiger partial charge >= 0.3 is 59.7 Å². The van der Waals surface area contributed by atoms with E-state index in [4.69, 9.17) is 60.3 Å². The van der Waals surface area contributed by atoms with Gasteiger partial charge in [-0.25, -0.2) is 0 Å².